The lowest BCUT2D eigenvalue weighted by atomic mass is 9.93. The van der Waals surface area contributed by atoms with Gasteiger partial charge in [-0.2, -0.15) is 0 Å². The van der Waals surface area contributed by atoms with Gasteiger partial charge in [0.2, 0.25) is 0 Å². The number of fused-ring (bicyclic) bond motifs is 1. The highest BCUT2D eigenvalue weighted by atomic mass is 79.9. The second-order valence-electron chi connectivity index (χ2n) is 6.41. The van der Waals surface area contributed by atoms with E-state index in [9.17, 15) is 9.59 Å². The summed E-state index contributed by atoms with van der Waals surface area (Å²) in [5.41, 5.74) is 1.66. The topological polar surface area (TPSA) is 37.4 Å². The minimum atomic E-state index is -0.308. The molecule has 0 fully saturated rings. The molecule has 0 spiro atoms. The van der Waals surface area contributed by atoms with E-state index < -0.39 is 0 Å². The van der Waals surface area contributed by atoms with Crippen LogP contribution in [0.4, 0.5) is 5.69 Å². The first-order valence-corrected chi connectivity index (χ1v) is 9.93. The maximum Gasteiger partial charge on any atom is 0.266 e. The van der Waals surface area contributed by atoms with Crippen molar-refractivity contribution >= 4 is 70.9 Å². The third-order valence-corrected chi connectivity index (χ3v) is 6.05. The third kappa shape index (κ3) is 2.38. The van der Waals surface area contributed by atoms with Crippen LogP contribution in [0.1, 0.15) is 20.7 Å². The summed E-state index contributed by atoms with van der Waals surface area (Å²) >= 11 is 7.03. The summed E-state index contributed by atoms with van der Waals surface area (Å²) in [6, 6.07) is 20.7. The lowest BCUT2D eigenvalue weighted by Crippen LogP contribution is -2.40. The van der Waals surface area contributed by atoms with Crippen molar-refractivity contribution in [3.63, 3.8) is 0 Å². The lowest BCUT2D eigenvalue weighted by Gasteiger charge is -2.28. The zero-order valence-corrected chi connectivity index (χ0v) is 17.0. The van der Waals surface area contributed by atoms with Crippen LogP contribution in [0.15, 0.2) is 75.7 Å². The molecule has 5 rings (SSSR count). The Balaban J connectivity index is 1.83. The molecule has 27 heavy (non-hydrogen) atoms. The fourth-order valence-electron chi connectivity index (χ4n) is 3.73. The second-order valence-corrected chi connectivity index (χ2v) is 8.18. The van der Waals surface area contributed by atoms with E-state index in [4.69, 9.17) is 0 Å². The van der Waals surface area contributed by atoms with Crippen molar-refractivity contribution < 1.29 is 9.59 Å². The first-order chi connectivity index (χ1) is 13.1. The summed E-state index contributed by atoms with van der Waals surface area (Å²) in [5.74, 6) is -0.606. The fourth-order valence-corrected chi connectivity index (χ4v) is 4.68. The van der Waals surface area contributed by atoms with E-state index in [1.807, 2.05) is 54.6 Å². The number of imide groups is 1. The van der Waals surface area contributed by atoms with Gasteiger partial charge >= 0.3 is 0 Å². The van der Waals surface area contributed by atoms with E-state index in [0.29, 0.717) is 22.2 Å². The number of halogens is 2. The number of nitrogens with zero attached hydrogens (tertiary/aromatic N) is 1. The summed E-state index contributed by atoms with van der Waals surface area (Å²) in [4.78, 5) is 28.0. The van der Waals surface area contributed by atoms with Crippen LogP contribution in [0.25, 0.3) is 21.5 Å². The van der Waals surface area contributed by atoms with Gasteiger partial charge in [-0.15, -0.1) is 0 Å². The molecule has 130 valence electrons. The molecule has 0 aromatic heterocycles. The van der Waals surface area contributed by atoms with E-state index >= 15 is 0 Å². The highest BCUT2D eigenvalue weighted by molar-refractivity contribution is 9.11. The predicted molar refractivity (Wildman–Crippen MR) is 114 cm³/mol. The van der Waals surface area contributed by atoms with Gasteiger partial charge < -0.3 is 0 Å². The SMILES string of the molecule is O=C1c2cccc3cc(Br)cc(c23)C(=O)N1c1ccc(Br)c2ccccc12. The molecular formula is C22H11Br2NO2. The predicted octanol–water partition coefficient (Wildman–Crippen LogP) is 6.32. The lowest BCUT2D eigenvalue weighted by molar-refractivity contribution is 0.0894. The van der Waals surface area contributed by atoms with Gasteiger partial charge in [-0.3, -0.25) is 9.59 Å². The van der Waals surface area contributed by atoms with Crippen LogP contribution in [-0.2, 0) is 0 Å². The number of amides is 2. The number of carbonyl (C=O) groups excluding carboxylic acids is 2. The zero-order valence-electron chi connectivity index (χ0n) is 13.9. The van der Waals surface area contributed by atoms with Gasteiger partial charge in [0.05, 0.1) is 11.3 Å². The Morgan fingerprint density at radius 2 is 1.44 bits per heavy atom. The van der Waals surface area contributed by atoms with Crippen molar-refractivity contribution in [1.82, 2.24) is 0 Å². The Hall–Kier alpha value is -2.50. The summed E-state index contributed by atoms with van der Waals surface area (Å²) < 4.78 is 1.73. The fraction of sp³-hybridized carbons (Fsp3) is 0. The molecule has 0 N–H and O–H groups in total. The van der Waals surface area contributed by atoms with Gasteiger partial charge in [-0.1, -0.05) is 68.3 Å². The van der Waals surface area contributed by atoms with Gasteiger partial charge in [0.25, 0.3) is 11.8 Å². The van der Waals surface area contributed by atoms with E-state index in [0.717, 1.165) is 25.1 Å². The molecule has 1 heterocycles. The average molecular weight is 481 g/mol. The molecule has 3 nitrogen and oxygen atoms in total. The number of anilines is 1. The standard InChI is InChI=1S/C22H11Br2NO2/c23-13-10-12-4-3-7-16-20(12)17(11-13)22(27)25(21(16)26)19-9-8-18(24)14-5-1-2-6-15(14)19/h1-11H. The van der Waals surface area contributed by atoms with Gasteiger partial charge in [0, 0.05) is 25.3 Å². The van der Waals surface area contributed by atoms with Gasteiger partial charge in [0.1, 0.15) is 0 Å². The Bertz CT molecular complexity index is 1300. The minimum absolute atomic E-state index is 0.298. The number of benzene rings is 4. The molecule has 0 bridgehead atoms. The van der Waals surface area contributed by atoms with Crippen LogP contribution < -0.4 is 4.90 Å². The quantitative estimate of drug-likeness (QED) is 0.299. The van der Waals surface area contributed by atoms with Crippen molar-refractivity contribution in [3.8, 4) is 0 Å². The Kier molecular flexibility index (Phi) is 3.71. The molecule has 4 aromatic rings. The molecule has 0 saturated carbocycles. The van der Waals surface area contributed by atoms with Crippen molar-refractivity contribution in [1.29, 1.82) is 0 Å². The van der Waals surface area contributed by atoms with E-state index in [1.54, 1.807) is 12.1 Å². The summed E-state index contributed by atoms with van der Waals surface area (Å²) in [7, 11) is 0. The molecule has 0 atom stereocenters. The van der Waals surface area contributed by atoms with Gasteiger partial charge in [-0.25, -0.2) is 4.90 Å². The van der Waals surface area contributed by atoms with E-state index in [2.05, 4.69) is 31.9 Å². The summed E-state index contributed by atoms with van der Waals surface area (Å²) in [6.45, 7) is 0. The smallest absolute Gasteiger partial charge is 0.266 e. The summed E-state index contributed by atoms with van der Waals surface area (Å²) in [5, 5.41) is 3.39. The number of rotatable bonds is 1. The van der Waals surface area contributed by atoms with Crippen molar-refractivity contribution in [2.24, 2.45) is 0 Å². The number of hydrogen-bond donors (Lipinski definition) is 0. The Labute approximate surface area is 171 Å². The molecule has 1 aliphatic heterocycles. The molecule has 0 unspecified atom stereocenters. The molecule has 1 aliphatic rings. The molecule has 2 amide bonds. The van der Waals surface area contributed by atoms with Crippen molar-refractivity contribution in [2.75, 3.05) is 4.90 Å². The summed E-state index contributed by atoms with van der Waals surface area (Å²) in [6.07, 6.45) is 0. The molecule has 0 radical (unpaired) electrons. The maximum absolute atomic E-state index is 13.4. The highest BCUT2D eigenvalue weighted by Gasteiger charge is 2.35. The number of hydrogen-bond acceptors (Lipinski definition) is 2. The van der Waals surface area contributed by atoms with E-state index in [1.165, 1.54) is 4.90 Å². The minimum Gasteiger partial charge on any atom is -0.268 e. The molecule has 0 aliphatic carbocycles. The Morgan fingerprint density at radius 3 is 2.26 bits per heavy atom. The zero-order chi connectivity index (χ0) is 18.7. The van der Waals surface area contributed by atoms with Crippen LogP contribution >= 0.6 is 31.9 Å². The highest BCUT2D eigenvalue weighted by Crippen LogP contribution is 2.38. The van der Waals surface area contributed by atoms with Crippen LogP contribution in [0.2, 0.25) is 0 Å². The molecule has 5 heteroatoms. The largest absolute Gasteiger partial charge is 0.268 e. The normalized spacial score (nSPS) is 13.6. The van der Waals surface area contributed by atoms with Crippen molar-refractivity contribution in [3.05, 3.63) is 86.8 Å². The first-order valence-electron chi connectivity index (χ1n) is 8.34. The second kappa shape index (κ2) is 6.01. The maximum atomic E-state index is 13.4. The van der Waals surface area contributed by atoms with Crippen LogP contribution in [-0.4, -0.2) is 11.8 Å². The monoisotopic (exact) mass is 479 g/mol. The van der Waals surface area contributed by atoms with Crippen LogP contribution in [0.5, 0.6) is 0 Å². The molecule has 4 aromatic carbocycles. The molecular weight excluding hydrogens is 470 g/mol. The van der Waals surface area contributed by atoms with Crippen LogP contribution in [0, 0.1) is 0 Å². The number of carbonyl (C=O) groups is 2. The first kappa shape index (κ1) is 16.7. The van der Waals surface area contributed by atoms with Crippen molar-refractivity contribution in [2.45, 2.75) is 0 Å². The van der Waals surface area contributed by atoms with Crippen LogP contribution in [0.3, 0.4) is 0 Å². The third-order valence-electron chi connectivity index (χ3n) is 4.90. The van der Waals surface area contributed by atoms with E-state index in [-0.39, 0.29) is 11.8 Å². The average Bonchev–Trinajstić information content (AvgIpc) is 2.67. The van der Waals surface area contributed by atoms with Gasteiger partial charge in [0.15, 0.2) is 0 Å². The molecule has 0 saturated heterocycles. The Morgan fingerprint density at radius 1 is 0.704 bits per heavy atom. The van der Waals surface area contributed by atoms with Gasteiger partial charge in [-0.05, 0) is 41.1 Å².